The van der Waals surface area contributed by atoms with E-state index in [2.05, 4.69) is 33.7 Å². The Morgan fingerprint density at radius 1 is 1.18 bits per heavy atom. The van der Waals surface area contributed by atoms with E-state index in [4.69, 9.17) is 4.74 Å². The predicted octanol–water partition coefficient (Wildman–Crippen LogP) is 1.60. The summed E-state index contributed by atoms with van der Waals surface area (Å²) in [5.74, 6) is 1.21. The molecule has 2 N–H and O–H groups in total. The lowest BCUT2D eigenvalue weighted by molar-refractivity contribution is -0.0723. The SMILES string of the molecule is CC(C)C1(CO)CCCN(c2ncnc3c2ncn3CC2(O)CCOCC2)C1. The summed E-state index contributed by atoms with van der Waals surface area (Å²) in [4.78, 5) is 15.8. The van der Waals surface area contributed by atoms with Crippen molar-refractivity contribution in [2.75, 3.05) is 37.8 Å². The maximum atomic E-state index is 10.9. The number of aliphatic hydroxyl groups is 2. The van der Waals surface area contributed by atoms with Crippen molar-refractivity contribution in [3.8, 4) is 0 Å². The Bertz CT molecular complexity index is 817. The zero-order valence-electron chi connectivity index (χ0n) is 16.8. The average Bonchev–Trinajstić information content (AvgIpc) is 3.10. The standard InChI is InChI=1S/C20H31N5O3/c1-15(2)19(12-26)4-3-7-24(10-19)17-16-18(22-13-21-17)25(14-23-16)11-20(27)5-8-28-9-6-20/h13-15,26-27H,3-12H2,1-2H3. The van der Waals surface area contributed by atoms with Crippen molar-refractivity contribution >= 4 is 17.0 Å². The van der Waals surface area contributed by atoms with Gasteiger partial charge in [0, 0.05) is 44.6 Å². The van der Waals surface area contributed by atoms with Crippen molar-refractivity contribution < 1.29 is 14.9 Å². The van der Waals surface area contributed by atoms with Crippen LogP contribution in [-0.2, 0) is 11.3 Å². The average molecular weight is 390 g/mol. The summed E-state index contributed by atoms with van der Waals surface area (Å²) in [6.45, 7) is 7.81. The van der Waals surface area contributed by atoms with E-state index in [1.54, 1.807) is 12.7 Å². The minimum atomic E-state index is -0.786. The predicted molar refractivity (Wildman–Crippen MR) is 106 cm³/mol. The van der Waals surface area contributed by atoms with Gasteiger partial charge in [0.1, 0.15) is 6.33 Å². The molecule has 0 saturated carbocycles. The van der Waals surface area contributed by atoms with Gasteiger partial charge in [-0.15, -0.1) is 0 Å². The lowest BCUT2D eigenvalue weighted by atomic mass is 9.72. The fourth-order valence-corrected chi connectivity index (χ4v) is 4.57. The summed E-state index contributed by atoms with van der Waals surface area (Å²) in [6.07, 6.45) is 6.60. The molecular formula is C20H31N5O3. The molecule has 1 atom stereocenters. The van der Waals surface area contributed by atoms with E-state index in [1.807, 2.05) is 4.57 Å². The van der Waals surface area contributed by atoms with Gasteiger partial charge in [0.15, 0.2) is 17.0 Å². The van der Waals surface area contributed by atoms with Crippen LogP contribution in [0.2, 0.25) is 0 Å². The van der Waals surface area contributed by atoms with Crippen LogP contribution in [0.3, 0.4) is 0 Å². The van der Waals surface area contributed by atoms with Gasteiger partial charge in [-0.05, 0) is 18.8 Å². The van der Waals surface area contributed by atoms with E-state index in [1.165, 1.54) is 0 Å². The van der Waals surface area contributed by atoms with E-state index >= 15 is 0 Å². The molecule has 0 aromatic carbocycles. The number of rotatable bonds is 5. The van der Waals surface area contributed by atoms with Crippen LogP contribution < -0.4 is 4.90 Å². The highest BCUT2D eigenvalue weighted by Gasteiger charge is 2.39. The molecule has 2 aliphatic heterocycles. The first-order valence-electron chi connectivity index (χ1n) is 10.3. The van der Waals surface area contributed by atoms with E-state index in [0.717, 1.165) is 42.9 Å². The number of aliphatic hydroxyl groups excluding tert-OH is 1. The Kier molecular flexibility index (Phi) is 5.28. The second-order valence-electron chi connectivity index (χ2n) is 8.78. The maximum absolute atomic E-state index is 10.9. The number of ether oxygens (including phenoxy) is 1. The van der Waals surface area contributed by atoms with E-state index in [9.17, 15) is 10.2 Å². The number of hydrogen-bond donors (Lipinski definition) is 2. The lowest BCUT2D eigenvalue weighted by Gasteiger charge is -2.45. The normalized spacial score (nSPS) is 25.5. The van der Waals surface area contributed by atoms with Crippen molar-refractivity contribution in [1.29, 1.82) is 0 Å². The Labute approximate surface area is 165 Å². The summed E-state index contributed by atoms with van der Waals surface area (Å²) in [6, 6.07) is 0. The van der Waals surface area contributed by atoms with E-state index < -0.39 is 5.60 Å². The molecule has 4 rings (SSSR count). The first-order chi connectivity index (χ1) is 13.5. The zero-order chi connectivity index (χ0) is 19.8. The topological polar surface area (TPSA) is 96.5 Å². The molecule has 2 fully saturated rings. The van der Waals surface area contributed by atoms with Crippen LogP contribution in [0.15, 0.2) is 12.7 Å². The van der Waals surface area contributed by atoms with E-state index in [0.29, 0.717) is 38.5 Å². The Morgan fingerprint density at radius 2 is 1.96 bits per heavy atom. The molecule has 0 amide bonds. The fourth-order valence-electron chi connectivity index (χ4n) is 4.57. The number of fused-ring (bicyclic) bond motifs is 1. The highest BCUT2D eigenvalue weighted by molar-refractivity contribution is 5.83. The monoisotopic (exact) mass is 389 g/mol. The van der Waals surface area contributed by atoms with E-state index in [-0.39, 0.29) is 12.0 Å². The number of anilines is 1. The third-order valence-corrected chi connectivity index (χ3v) is 6.72. The van der Waals surface area contributed by atoms with Gasteiger partial charge in [-0.1, -0.05) is 13.8 Å². The Balaban J connectivity index is 1.63. The fraction of sp³-hybridized carbons (Fsp3) is 0.750. The molecular weight excluding hydrogens is 358 g/mol. The van der Waals surface area contributed by atoms with Crippen LogP contribution in [0.25, 0.3) is 11.2 Å². The second kappa shape index (κ2) is 7.57. The Hall–Kier alpha value is -1.77. The molecule has 0 bridgehead atoms. The summed E-state index contributed by atoms with van der Waals surface area (Å²) in [7, 11) is 0. The quantitative estimate of drug-likeness (QED) is 0.802. The molecule has 8 nitrogen and oxygen atoms in total. The van der Waals surface area contributed by atoms with Crippen LogP contribution in [0.4, 0.5) is 5.82 Å². The molecule has 154 valence electrons. The highest BCUT2D eigenvalue weighted by atomic mass is 16.5. The Morgan fingerprint density at radius 3 is 2.68 bits per heavy atom. The maximum Gasteiger partial charge on any atom is 0.165 e. The molecule has 4 heterocycles. The van der Waals surface area contributed by atoms with Crippen molar-refractivity contribution in [1.82, 2.24) is 19.5 Å². The first-order valence-corrected chi connectivity index (χ1v) is 10.3. The summed E-state index contributed by atoms with van der Waals surface area (Å²) < 4.78 is 7.31. The molecule has 2 aromatic rings. The van der Waals surface area contributed by atoms with Gasteiger partial charge in [-0.25, -0.2) is 15.0 Å². The van der Waals surface area contributed by atoms with Crippen molar-refractivity contribution in [3.05, 3.63) is 12.7 Å². The zero-order valence-corrected chi connectivity index (χ0v) is 16.8. The van der Waals surface area contributed by atoms with Crippen LogP contribution >= 0.6 is 0 Å². The number of imidazole rings is 1. The minimum Gasteiger partial charge on any atom is -0.396 e. The summed E-state index contributed by atoms with van der Waals surface area (Å²) >= 11 is 0. The van der Waals surface area contributed by atoms with Gasteiger partial charge in [0.05, 0.1) is 25.1 Å². The second-order valence-corrected chi connectivity index (χ2v) is 8.78. The lowest BCUT2D eigenvalue weighted by Crippen LogP contribution is -2.48. The van der Waals surface area contributed by atoms with Crippen LogP contribution in [0.5, 0.6) is 0 Å². The first kappa shape index (κ1) is 19.5. The molecule has 2 saturated heterocycles. The minimum absolute atomic E-state index is 0.116. The van der Waals surface area contributed by atoms with Gasteiger partial charge in [-0.3, -0.25) is 0 Å². The number of aromatic nitrogens is 4. The smallest absolute Gasteiger partial charge is 0.165 e. The highest BCUT2D eigenvalue weighted by Crippen LogP contribution is 2.39. The van der Waals surface area contributed by atoms with Crippen molar-refractivity contribution in [2.24, 2.45) is 11.3 Å². The molecule has 2 aliphatic rings. The third-order valence-electron chi connectivity index (χ3n) is 6.72. The third kappa shape index (κ3) is 3.49. The van der Waals surface area contributed by atoms with Crippen LogP contribution in [-0.4, -0.2) is 68.2 Å². The molecule has 28 heavy (non-hydrogen) atoms. The molecule has 0 aliphatic carbocycles. The van der Waals surface area contributed by atoms with Crippen molar-refractivity contribution in [3.63, 3.8) is 0 Å². The number of hydrogen-bond acceptors (Lipinski definition) is 7. The van der Waals surface area contributed by atoms with Gasteiger partial charge >= 0.3 is 0 Å². The molecule has 1 unspecified atom stereocenters. The van der Waals surface area contributed by atoms with Gasteiger partial charge in [-0.2, -0.15) is 0 Å². The van der Waals surface area contributed by atoms with Crippen LogP contribution in [0.1, 0.15) is 39.5 Å². The van der Waals surface area contributed by atoms with Crippen molar-refractivity contribution in [2.45, 2.75) is 51.7 Å². The molecule has 0 radical (unpaired) electrons. The number of piperidine rings is 1. The molecule has 2 aromatic heterocycles. The van der Waals surface area contributed by atoms with Gasteiger partial charge < -0.3 is 24.4 Å². The summed E-state index contributed by atoms with van der Waals surface area (Å²) in [5, 5.41) is 21.0. The van der Waals surface area contributed by atoms with Gasteiger partial charge in [0.25, 0.3) is 0 Å². The molecule has 8 heteroatoms. The largest absolute Gasteiger partial charge is 0.396 e. The number of nitrogens with zero attached hydrogens (tertiary/aromatic N) is 5. The van der Waals surface area contributed by atoms with Gasteiger partial charge in [0.2, 0.25) is 0 Å². The summed E-state index contributed by atoms with van der Waals surface area (Å²) in [5.41, 5.74) is 0.603. The van der Waals surface area contributed by atoms with Crippen LogP contribution in [0, 0.1) is 11.3 Å². The molecule has 0 spiro atoms.